The Morgan fingerprint density at radius 2 is 1.67 bits per heavy atom. The number of likely N-dealkylation sites (N-methyl/N-ethyl adjacent to an activating group) is 1. The SMILES string of the molecule is CNC(Cc1c(F)ccc(Br)c1F)c1cc(F)cc(F)c1. The molecule has 1 atom stereocenters. The summed E-state index contributed by atoms with van der Waals surface area (Å²) < 4.78 is 54.4. The highest BCUT2D eigenvalue weighted by Crippen LogP contribution is 2.27. The fraction of sp³-hybridized carbons (Fsp3) is 0.200. The lowest BCUT2D eigenvalue weighted by atomic mass is 9.98. The first kappa shape index (κ1) is 16.0. The van der Waals surface area contributed by atoms with Gasteiger partial charge in [-0.2, -0.15) is 0 Å². The van der Waals surface area contributed by atoms with Gasteiger partial charge in [0.15, 0.2) is 0 Å². The molecule has 0 fully saturated rings. The van der Waals surface area contributed by atoms with Gasteiger partial charge in [0.2, 0.25) is 0 Å². The summed E-state index contributed by atoms with van der Waals surface area (Å²) in [5, 5.41) is 2.81. The van der Waals surface area contributed by atoms with Crippen LogP contribution >= 0.6 is 15.9 Å². The molecule has 0 aliphatic heterocycles. The Kier molecular flexibility index (Phi) is 5.00. The van der Waals surface area contributed by atoms with Crippen LogP contribution in [0.5, 0.6) is 0 Å². The van der Waals surface area contributed by atoms with E-state index >= 15 is 0 Å². The Bertz CT molecular complexity index is 640. The molecule has 2 rings (SSSR count). The molecule has 0 aliphatic rings. The number of rotatable bonds is 4. The smallest absolute Gasteiger partial charge is 0.143 e. The summed E-state index contributed by atoms with van der Waals surface area (Å²) in [5.74, 6) is -2.89. The minimum atomic E-state index is -0.736. The summed E-state index contributed by atoms with van der Waals surface area (Å²) in [6, 6.07) is 4.81. The lowest BCUT2D eigenvalue weighted by Gasteiger charge is -2.18. The third-order valence-electron chi connectivity index (χ3n) is 3.18. The second-order valence-electron chi connectivity index (χ2n) is 4.57. The van der Waals surface area contributed by atoms with Gasteiger partial charge in [-0.15, -0.1) is 0 Å². The first-order valence-corrected chi connectivity index (χ1v) is 6.97. The van der Waals surface area contributed by atoms with Gasteiger partial charge in [0.25, 0.3) is 0 Å². The Morgan fingerprint density at radius 3 is 2.24 bits per heavy atom. The van der Waals surface area contributed by atoms with Gasteiger partial charge in [-0.05, 0) is 59.2 Å². The largest absolute Gasteiger partial charge is 0.313 e. The molecule has 0 aromatic heterocycles. The maximum absolute atomic E-state index is 14.0. The molecule has 0 heterocycles. The molecule has 1 unspecified atom stereocenters. The molecule has 1 N–H and O–H groups in total. The predicted octanol–water partition coefficient (Wildman–Crippen LogP) is 4.51. The van der Waals surface area contributed by atoms with E-state index in [1.54, 1.807) is 7.05 Å². The third kappa shape index (κ3) is 3.63. The Hall–Kier alpha value is -1.40. The molecular weight excluding hydrogens is 350 g/mol. The van der Waals surface area contributed by atoms with E-state index in [2.05, 4.69) is 21.2 Å². The minimum absolute atomic E-state index is 0.0729. The molecule has 0 saturated heterocycles. The molecule has 2 aromatic carbocycles. The van der Waals surface area contributed by atoms with Gasteiger partial charge in [0, 0.05) is 17.7 Å². The van der Waals surface area contributed by atoms with Crippen molar-refractivity contribution in [2.24, 2.45) is 0 Å². The lowest BCUT2D eigenvalue weighted by molar-refractivity contribution is 0.506. The van der Waals surface area contributed by atoms with Crippen molar-refractivity contribution in [3.63, 3.8) is 0 Å². The third-order valence-corrected chi connectivity index (χ3v) is 3.80. The molecule has 6 heteroatoms. The molecule has 0 bridgehead atoms. The van der Waals surface area contributed by atoms with Crippen molar-refractivity contribution in [1.29, 1.82) is 0 Å². The first-order chi connectivity index (χ1) is 9.92. The number of halogens is 5. The van der Waals surface area contributed by atoms with Gasteiger partial charge < -0.3 is 5.32 Å². The van der Waals surface area contributed by atoms with Crippen LogP contribution in [0.3, 0.4) is 0 Å². The van der Waals surface area contributed by atoms with E-state index in [9.17, 15) is 17.6 Å². The summed E-state index contributed by atoms with van der Waals surface area (Å²) in [6.07, 6.45) is -0.0729. The van der Waals surface area contributed by atoms with E-state index < -0.39 is 29.3 Å². The van der Waals surface area contributed by atoms with Gasteiger partial charge >= 0.3 is 0 Å². The monoisotopic (exact) mass is 361 g/mol. The molecular formula is C15H12BrF4N. The van der Waals surface area contributed by atoms with Crippen molar-refractivity contribution in [3.05, 3.63) is 69.2 Å². The van der Waals surface area contributed by atoms with Gasteiger partial charge in [-0.3, -0.25) is 0 Å². The highest BCUT2D eigenvalue weighted by molar-refractivity contribution is 9.10. The van der Waals surface area contributed by atoms with Crippen molar-refractivity contribution >= 4 is 15.9 Å². The summed E-state index contributed by atoms with van der Waals surface area (Å²) in [6.45, 7) is 0. The second kappa shape index (κ2) is 6.58. The van der Waals surface area contributed by atoms with Crippen LogP contribution in [0.25, 0.3) is 0 Å². The Morgan fingerprint density at radius 1 is 1.05 bits per heavy atom. The normalized spacial score (nSPS) is 12.5. The van der Waals surface area contributed by atoms with Crippen molar-refractivity contribution < 1.29 is 17.6 Å². The fourth-order valence-corrected chi connectivity index (χ4v) is 2.49. The highest BCUT2D eigenvalue weighted by atomic mass is 79.9. The van der Waals surface area contributed by atoms with Crippen LogP contribution in [-0.4, -0.2) is 7.05 Å². The molecule has 112 valence electrons. The first-order valence-electron chi connectivity index (χ1n) is 6.18. The Balaban J connectivity index is 2.38. The van der Waals surface area contributed by atoms with Gasteiger partial charge in [0.1, 0.15) is 23.3 Å². The quantitative estimate of drug-likeness (QED) is 0.624. The van der Waals surface area contributed by atoms with Gasteiger partial charge in [0.05, 0.1) is 4.47 Å². The molecule has 0 aliphatic carbocycles. The van der Waals surface area contributed by atoms with E-state index in [1.165, 1.54) is 6.07 Å². The average molecular weight is 362 g/mol. The molecule has 21 heavy (non-hydrogen) atoms. The molecule has 1 nitrogen and oxygen atoms in total. The average Bonchev–Trinajstić information content (AvgIpc) is 2.42. The van der Waals surface area contributed by atoms with Crippen LogP contribution in [-0.2, 0) is 6.42 Å². The maximum Gasteiger partial charge on any atom is 0.143 e. The number of hydrogen-bond donors (Lipinski definition) is 1. The van der Waals surface area contributed by atoms with Crippen LogP contribution in [0.4, 0.5) is 17.6 Å². The van der Waals surface area contributed by atoms with Crippen LogP contribution < -0.4 is 5.32 Å². The van der Waals surface area contributed by atoms with Crippen molar-refractivity contribution in [1.82, 2.24) is 5.32 Å². The highest BCUT2D eigenvalue weighted by Gasteiger charge is 2.19. The van der Waals surface area contributed by atoms with Crippen molar-refractivity contribution in [3.8, 4) is 0 Å². The standard InChI is InChI=1S/C15H12BrF4N/c1-21-14(8-4-9(17)6-10(18)5-8)7-11-13(19)3-2-12(16)15(11)20/h2-6,14,21H,7H2,1H3. The number of nitrogens with one attached hydrogen (secondary N) is 1. The molecule has 0 saturated carbocycles. The minimum Gasteiger partial charge on any atom is -0.313 e. The molecule has 2 aromatic rings. The van der Waals surface area contributed by atoms with Crippen molar-refractivity contribution in [2.45, 2.75) is 12.5 Å². The van der Waals surface area contributed by atoms with E-state index in [1.807, 2.05) is 0 Å². The topological polar surface area (TPSA) is 12.0 Å². The van der Waals surface area contributed by atoms with Gasteiger partial charge in [-0.25, -0.2) is 17.6 Å². The summed E-state index contributed by atoms with van der Waals surface area (Å²) >= 11 is 2.99. The molecule has 0 spiro atoms. The number of hydrogen-bond acceptors (Lipinski definition) is 1. The van der Waals surface area contributed by atoms with Crippen LogP contribution in [0.1, 0.15) is 17.2 Å². The van der Waals surface area contributed by atoms with Gasteiger partial charge in [-0.1, -0.05) is 0 Å². The zero-order chi connectivity index (χ0) is 15.6. The van der Waals surface area contributed by atoms with E-state index in [0.717, 1.165) is 24.3 Å². The summed E-state index contributed by atoms with van der Waals surface area (Å²) in [7, 11) is 1.56. The fourth-order valence-electron chi connectivity index (χ4n) is 2.12. The molecule has 0 radical (unpaired) electrons. The second-order valence-corrected chi connectivity index (χ2v) is 5.42. The predicted molar refractivity (Wildman–Crippen MR) is 75.9 cm³/mol. The summed E-state index contributed by atoms with van der Waals surface area (Å²) in [4.78, 5) is 0. The Labute approximate surface area is 128 Å². The van der Waals surface area contributed by atoms with E-state index in [0.29, 0.717) is 0 Å². The number of benzene rings is 2. The summed E-state index contributed by atoms with van der Waals surface area (Å²) in [5.41, 5.74) is 0.141. The van der Waals surface area contributed by atoms with Crippen LogP contribution in [0.15, 0.2) is 34.8 Å². The van der Waals surface area contributed by atoms with E-state index in [4.69, 9.17) is 0 Å². The van der Waals surface area contributed by atoms with Crippen LogP contribution in [0, 0.1) is 23.3 Å². The lowest BCUT2D eigenvalue weighted by Crippen LogP contribution is -2.20. The van der Waals surface area contributed by atoms with E-state index in [-0.39, 0.29) is 22.0 Å². The van der Waals surface area contributed by atoms with Crippen LogP contribution in [0.2, 0.25) is 0 Å². The zero-order valence-corrected chi connectivity index (χ0v) is 12.6. The molecule has 0 amide bonds. The zero-order valence-electron chi connectivity index (χ0n) is 11.1. The van der Waals surface area contributed by atoms with Crippen molar-refractivity contribution in [2.75, 3.05) is 7.05 Å². The maximum atomic E-state index is 14.0.